The maximum atomic E-state index is 14.3. The Morgan fingerprint density at radius 3 is 2.42 bits per heavy atom. The van der Waals surface area contributed by atoms with Gasteiger partial charge in [0.25, 0.3) is 0 Å². The SMILES string of the molecule is COc1ccc(CCN(Cc2ccc(C)s2)C(=O)CN(C(=O)Nc2ccccc2F)C2CCCCC2)cc1OC. The highest BCUT2D eigenvalue weighted by molar-refractivity contribution is 7.11. The molecule has 1 aliphatic rings. The van der Waals surface area contributed by atoms with E-state index >= 15 is 0 Å². The van der Waals surface area contributed by atoms with Gasteiger partial charge >= 0.3 is 6.03 Å². The van der Waals surface area contributed by atoms with E-state index in [1.807, 2.05) is 42.2 Å². The summed E-state index contributed by atoms with van der Waals surface area (Å²) in [6.07, 6.45) is 5.38. The van der Waals surface area contributed by atoms with Crippen LogP contribution in [0, 0.1) is 12.7 Å². The number of benzene rings is 2. The molecule has 1 N–H and O–H groups in total. The average Bonchev–Trinajstić information content (AvgIpc) is 3.39. The standard InChI is InChI=1S/C31H38FN3O4S/c1-22-13-15-25(40-22)20-34(18-17-23-14-16-28(38-2)29(19-23)39-3)30(36)21-35(24-9-5-4-6-10-24)31(37)33-27-12-8-7-11-26(27)32/h7-8,11-16,19,24H,4-6,9-10,17-18,20-21H2,1-3H3,(H,33,37). The zero-order valence-electron chi connectivity index (χ0n) is 23.5. The maximum Gasteiger partial charge on any atom is 0.322 e. The minimum atomic E-state index is -0.504. The molecule has 3 amide bonds. The first kappa shape index (κ1) is 29.4. The summed E-state index contributed by atoms with van der Waals surface area (Å²) in [5.74, 6) is 0.647. The number of methoxy groups -OCH3 is 2. The molecule has 214 valence electrons. The topological polar surface area (TPSA) is 71.1 Å². The van der Waals surface area contributed by atoms with E-state index in [9.17, 15) is 14.0 Å². The third-order valence-corrected chi connectivity index (χ3v) is 8.30. The van der Waals surface area contributed by atoms with Crippen LogP contribution in [0.2, 0.25) is 0 Å². The molecule has 1 aliphatic carbocycles. The van der Waals surface area contributed by atoms with Crippen LogP contribution in [0.1, 0.15) is 47.4 Å². The molecular formula is C31H38FN3O4S. The first-order valence-electron chi connectivity index (χ1n) is 13.7. The largest absolute Gasteiger partial charge is 0.493 e. The Labute approximate surface area is 239 Å². The summed E-state index contributed by atoms with van der Waals surface area (Å²) in [6.45, 7) is 2.90. The Bertz CT molecular complexity index is 1290. The smallest absolute Gasteiger partial charge is 0.322 e. The van der Waals surface area contributed by atoms with Crippen molar-refractivity contribution < 1.29 is 23.5 Å². The predicted octanol–water partition coefficient (Wildman–Crippen LogP) is 6.65. The third kappa shape index (κ3) is 7.75. The average molecular weight is 568 g/mol. The van der Waals surface area contributed by atoms with E-state index in [2.05, 4.69) is 5.32 Å². The monoisotopic (exact) mass is 567 g/mol. The first-order chi connectivity index (χ1) is 19.4. The number of urea groups is 1. The molecule has 0 radical (unpaired) electrons. The van der Waals surface area contributed by atoms with Crippen LogP contribution in [0.25, 0.3) is 0 Å². The number of para-hydroxylation sites is 1. The van der Waals surface area contributed by atoms with Crippen molar-refractivity contribution in [1.29, 1.82) is 0 Å². The van der Waals surface area contributed by atoms with Crippen LogP contribution < -0.4 is 14.8 Å². The van der Waals surface area contributed by atoms with Gasteiger partial charge in [0.15, 0.2) is 11.5 Å². The van der Waals surface area contributed by atoms with Crippen molar-refractivity contribution in [2.24, 2.45) is 0 Å². The van der Waals surface area contributed by atoms with E-state index in [1.54, 1.807) is 42.6 Å². The minimum Gasteiger partial charge on any atom is -0.493 e. The molecule has 7 nitrogen and oxygen atoms in total. The highest BCUT2D eigenvalue weighted by Gasteiger charge is 2.30. The molecule has 3 aromatic rings. The van der Waals surface area contributed by atoms with Crippen LogP contribution in [0.5, 0.6) is 11.5 Å². The zero-order chi connectivity index (χ0) is 28.5. The normalized spacial score (nSPS) is 13.5. The van der Waals surface area contributed by atoms with Crippen molar-refractivity contribution in [1.82, 2.24) is 9.80 Å². The Kier molecular flexibility index (Phi) is 10.4. The molecule has 9 heteroatoms. The number of rotatable bonds is 11. The van der Waals surface area contributed by atoms with Crippen LogP contribution in [0.15, 0.2) is 54.6 Å². The fraction of sp³-hybridized carbons (Fsp3) is 0.419. The van der Waals surface area contributed by atoms with Gasteiger partial charge < -0.3 is 24.6 Å². The number of thiophene rings is 1. The lowest BCUT2D eigenvalue weighted by molar-refractivity contribution is -0.132. The Hall–Kier alpha value is -3.59. The maximum absolute atomic E-state index is 14.3. The van der Waals surface area contributed by atoms with Crippen molar-refractivity contribution >= 4 is 29.0 Å². The van der Waals surface area contributed by atoms with Crippen molar-refractivity contribution in [3.8, 4) is 11.5 Å². The molecule has 0 atom stereocenters. The molecule has 1 fully saturated rings. The molecule has 4 rings (SSSR count). The summed E-state index contributed by atoms with van der Waals surface area (Å²) in [5, 5.41) is 2.70. The first-order valence-corrected chi connectivity index (χ1v) is 14.6. The summed E-state index contributed by atoms with van der Waals surface area (Å²) in [7, 11) is 3.20. The summed E-state index contributed by atoms with van der Waals surface area (Å²) in [5.41, 5.74) is 1.12. The number of aryl methyl sites for hydroxylation is 1. The van der Waals surface area contributed by atoms with Gasteiger partial charge in [-0.05, 0) is 68.1 Å². The lowest BCUT2D eigenvalue weighted by Gasteiger charge is -2.35. The number of nitrogens with zero attached hydrogens (tertiary/aromatic N) is 2. The highest BCUT2D eigenvalue weighted by atomic mass is 32.1. The number of hydrogen-bond acceptors (Lipinski definition) is 5. The molecule has 0 aliphatic heterocycles. The van der Waals surface area contributed by atoms with E-state index < -0.39 is 11.8 Å². The summed E-state index contributed by atoms with van der Waals surface area (Å²) in [4.78, 5) is 33.0. The minimum absolute atomic E-state index is 0.0682. The molecule has 40 heavy (non-hydrogen) atoms. The van der Waals surface area contributed by atoms with E-state index in [1.165, 1.54) is 17.0 Å². The molecule has 0 bridgehead atoms. The van der Waals surface area contributed by atoms with Gasteiger partial charge in [0.2, 0.25) is 5.91 Å². The van der Waals surface area contributed by atoms with Crippen molar-refractivity contribution in [2.75, 3.05) is 32.6 Å². The van der Waals surface area contributed by atoms with E-state index in [0.29, 0.717) is 31.0 Å². The second kappa shape index (κ2) is 14.2. The fourth-order valence-electron chi connectivity index (χ4n) is 5.11. The van der Waals surface area contributed by atoms with E-state index in [4.69, 9.17) is 9.47 Å². The van der Waals surface area contributed by atoms with Gasteiger partial charge in [0, 0.05) is 22.3 Å². The van der Waals surface area contributed by atoms with Gasteiger partial charge in [-0.2, -0.15) is 0 Å². The lowest BCUT2D eigenvalue weighted by atomic mass is 9.94. The Morgan fingerprint density at radius 1 is 1.00 bits per heavy atom. The van der Waals surface area contributed by atoms with Crippen molar-refractivity contribution in [3.05, 3.63) is 75.7 Å². The molecule has 1 saturated carbocycles. The molecule has 0 saturated heterocycles. The van der Waals surface area contributed by atoms with Gasteiger partial charge in [-0.25, -0.2) is 9.18 Å². The number of ether oxygens (including phenoxy) is 2. The van der Waals surface area contributed by atoms with Gasteiger partial charge in [0.1, 0.15) is 12.4 Å². The molecule has 0 spiro atoms. The Balaban J connectivity index is 1.53. The Morgan fingerprint density at radius 2 is 1.75 bits per heavy atom. The molecule has 1 aromatic heterocycles. The number of carbonyl (C=O) groups excluding carboxylic acids is 2. The predicted molar refractivity (Wildman–Crippen MR) is 157 cm³/mol. The second-order valence-corrected chi connectivity index (χ2v) is 11.5. The number of amides is 3. The number of anilines is 1. The van der Waals surface area contributed by atoms with Gasteiger partial charge in [-0.1, -0.05) is 37.5 Å². The number of halogens is 1. The van der Waals surface area contributed by atoms with Crippen LogP contribution >= 0.6 is 11.3 Å². The van der Waals surface area contributed by atoms with Crippen LogP contribution in [0.3, 0.4) is 0 Å². The van der Waals surface area contributed by atoms with Crippen LogP contribution in [0.4, 0.5) is 14.9 Å². The van der Waals surface area contributed by atoms with Crippen LogP contribution in [-0.2, 0) is 17.8 Å². The van der Waals surface area contributed by atoms with Crippen molar-refractivity contribution in [3.63, 3.8) is 0 Å². The quantitative estimate of drug-likeness (QED) is 0.282. The van der Waals surface area contributed by atoms with Crippen LogP contribution in [-0.4, -0.2) is 55.1 Å². The van der Waals surface area contributed by atoms with Gasteiger partial charge in [0.05, 0.1) is 26.5 Å². The molecule has 0 unspecified atom stereocenters. The molecule has 2 aromatic carbocycles. The second-order valence-electron chi connectivity index (χ2n) is 10.1. The highest BCUT2D eigenvalue weighted by Crippen LogP contribution is 2.28. The molecule has 1 heterocycles. The van der Waals surface area contributed by atoms with E-state index in [-0.39, 0.29) is 24.2 Å². The lowest BCUT2D eigenvalue weighted by Crippen LogP contribution is -2.50. The summed E-state index contributed by atoms with van der Waals surface area (Å²) >= 11 is 1.66. The third-order valence-electron chi connectivity index (χ3n) is 7.31. The summed E-state index contributed by atoms with van der Waals surface area (Å²) < 4.78 is 25.1. The number of nitrogens with one attached hydrogen (secondary N) is 1. The van der Waals surface area contributed by atoms with Crippen molar-refractivity contribution in [2.45, 2.75) is 58.0 Å². The van der Waals surface area contributed by atoms with E-state index in [0.717, 1.165) is 42.5 Å². The molecular weight excluding hydrogens is 529 g/mol. The number of carbonyl (C=O) groups is 2. The fourth-order valence-corrected chi connectivity index (χ4v) is 6.01. The zero-order valence-corrected chi connectivity index (χ0v) is 24.3. The van der Waals surface area contributed by atoms with Gasteiger partial charge in [-0.15, -0.1) is 11.3 Å². The number of hydrogen-bond donors (Lipinski definition) is 1. The summed E-state index contributed by atoms with van der Waals surface area (Å²) in [6, 6.07) is 15.4. The van der Waals surface area contributed by atoms with Gasteiger partial charge in [-0.3, -0.25) is 4.79 Å².